The Kier molecular flexibility index (Phi) is 5.64. The Morgan fingerprint density at radius 2 is 1.86 bits per heavy atom. The van der Waals surface area contributed by atoms with E-state index in [9.17, 15) is 0 Å². The summed E-state index contributed by atoms with van der Waals surface area (Å²) in [6, 6.07) is 9.91. The van der Waals surface area contributed by atoms with Crippen molar-refractivity contribution in [2.24, 2.45) is 11.7 Å². The minimum Gasteiger partial charge on any atom is -0.329 e. The van der Waals surface area contributed by atoms with Gasteiger partial charge in [0.1, 0.15) is 0 Å². The second kappa shape index (κ2) is 7.08. The summed E-state index contributed by atoms with van der Waals surface area (Å²) in [5.41, 5.74) is 7.44. The summed E-state index contributed by atoms with van der Waals surface area (Å²) in [7, 11) is -1.18. The third-order valence-electron chi connectivity index (χ3n) is 5.00. The second-order valence-corrected chi connectivity index (χ2v) is 12.7. The zero-order valence-electron chi connectivity index (χ0n) is 14.2. The SMILES string of the molecule is CCC1CCN(Cc2ccc([Si](C)(C)C)cc2)C(CN)C1. The zero-order valence-corrected chi connectivity index (χ0v) is 15.2. The van der Waals surface area contributed by atoms with Gasteiger partial charge in [0.05, 0.1) is 8.07 Å². The van der Waals surface area contributed by atoms with Gasteiger partial charge in [-0.1, -0.05) is 62.4 Å². The van der Waals surface area contributed by atoms with Crippen LogP contribution in [0.5, 0.6) is 0 Å². The number of nitrogens with two attached hydrogens (primary N) is 1. The molecule has 0 spiro atoms. The van der Waals surface area contributed by atoms with Crippen LogP contribution in [0.3, 0.4) is 0 Å². The molecule has 1 heterocycles. The van der Waals surface area contributed by atoms with E-state index < -0.39 is 8.07 Å². The molecule has 118 valence electrons. The maximum atomic E-state index is 6.01. The molecule has 2 nitrogen and oxygen atoms in total. The molecule has 0 aromatic heterocycles. The smallest absolute Gasteiger partial charge is 0.0775 e. The molecular weight excluding hydrogens is 272 g/mol. The van der Waals surface area contributed by atoms with Gasteiger partial charge in [-0.2, -0.15) is 0 Å². The standard InChI is InChI=1S/C18H32N2Si/c1-5-15-10-11-20(17(12-15)13-19)14-16-6-8-18(9-7-16)21(2,3)4/h6-9,15,17H,5,10-14,19H2,1-4H3. The van der Waals surface area contributed by atoms with Crippen LogP contribution in [-0.4, -0.2) is 32.1 Å². The van der Waals surface area contributed by atoms with Crippen LogP contribution < -0.4 is 10.9 Å². The van der Waals surface area contributed by atoms with Crippen LogP contribution in [0.1, 0.15) is 31.7 Å². The molecule has 21 heavy (non-hydrogen) atoms. The minimum atomic E-state index is -1.18. The Hall–Kier alpha value is -0.643. The molecule has 0 aliphatic carbocycles. The van der Waals surface area contributed by atoms with Gasteiger partial charge in [0.15, 0.2) is 0 Å². The first-order chi connectivity index (χ1) is 9.94. The number of hydrogen-bond donors (Lipinski definition) is 1. The second-order valence-electron chi connectivity index (χ2n) is 7.61. The molecule has 1 aromatic carbocycles. The van der Waals surface area contributed by atoms with E-state index >= 15 is 0 Å². The van der Waals surface area contributed by atoms with E-state index in [1.807, 2.05) is 0 Å². The maximum Gasteiger partial charge on any atom is 0.0775 e. The van der Waals surface area contributed by atoms with Crippen molar-refractivity contribution >= 4 is 13.3 Å². The number of hydrogen-bond acceptors (Lipinski definition) is 2. The molecule has 0 radical (unpaired) electrons. The van der Waals surface area contributed by atoms with E-state index in [2.05, 4.69) is 55.7 Å². The Morgan fingerprint density at radius 3 is 2.38 bits per heavy atom. The van der Waals surface area contributed by atoms with Gasteiger partial charge in [-0.25, -0.2) is 0 Å². The summed E-state index contributed by atoms with van der Waals surface area (Å²) in [6.07, 6.45) is 3.91. The Balaban J connectivity index is 2.00. The third kappa shape index (κ3) is 4.41. The van der Waals surface area contributed by atoms with Gasteiger partial charge >= 0.3 is 0 Å². The van der Waals surface area contributed by atoms with E-state index in [1.165, 1.54) is 31.4 Å². The highest BCUT2D eigenvalue weighted by molar-refractivity contribution is 6.88. The number of nitrogens with zero attached hydrogens (tertiary/aromatic N) is 1. The van der Waals surface area contributed by atoms with E-state index in [0.29, 0.717) is 6.04 Å². The summed E-state index contributed by atoms with van der Waals surface area (Å²) in [5, 5.41) is 1.55. The fourth-order valence-corrected chi connectivity index (χ4v) is 4.52. The minimum absolute atomic E-state index is 0.570. The molecule has 3 heteroatoms. The molecule has 1 aromatic rings. The van der Waals surface area contributed by atoms with Gasteiger partial charge in [-0.3, -0.25) is 4.90 Å². The monoisotopic (exact) mass is 304 g/mol. The predicted octanol–water partition coefficient (Wildman–Crippen LogP) is 3.18. The van der Waals surface area contributed by atoms with Crippen LogP contribution in [0.15, 0.2) is 24.3 Å². The first-order valence-electron chi connectivity index (χ1n) is 8.47. The van der Waals surface area contributed by atoms with E-state index in [-0.39, 0.29) is 0 Å². The molecule has 1 saturated heterocycles. The summed E-state index contributed by atoms with van der Waals surface area (Å²) in [4.78, 5) is 2.59. The zero-order chi connectivity index (χ0) is 15.5. The van der Waals surface area contributed by atoms with Crippen LogP contribution in [0.25, 0.3) is 0 Å². The fraction of sp³-hybridized carbons (Fsp3) is 0.667. The van der Waals surface area contributed by atoms with Crippen LogP contribution >= 0.6 is 0 Å². The highest BCUT2D eigenvalue weighted by Gasteiger charge is 2.26. The largest absolute Gasteiger partial charge is 0.329 e. The van der Waals surface area contributed by atoms with E-state index in [0.717, 1.165) is 19.0 Å². The molecule has 1 aliphatic heterocycles. The lowest BCUT2D eigenvalue weighted by molar-refractivity contribution is 0.107. The number of piperidine rings is 1. The lowest BCUT2D eigenvalue weighted by Gasteiger charge is -2.39. The maximum absolute atomic E-state index is 6.01. The lowest BCUT2D eigenvalue weighted by Crippen LogP contribution is -2.46. The van der Waals surface area contributed by atoms with Crippen LogP contribution in [0.2, 0.25) is 19.6 Å². The summed E-state index contributed by atoms with van der Waals surface area (Å²) >= 11 is 0. The first kappa shape index (κ1) is 16.7. The first-order valence-corrected chi connectivity index (χ1v) is 12.0. The van der Waals surface area contributed by atoms with Crippen LogP contribution in [0.4, 0.5) is 0 Å². The van der Waals surface area contributed by atoms with Crippen molar-refractivity contribution in [2.75, 3.05) is 13.1 Å². The molecule has 1 fully saturated rings. The molecule has 0 saturated carbocycles. The van der Waals surface area contributed by atoms with Crippen molar-refractivity contribution in [1.29, 1.82) is 0 Å². The molecule has 2 atom stereocenters. The van der Waals surface area contributed by atoms with Crippen molar-refractivity contribution in [3.8, 4) is 0 Å². The van der Waals surface area contributed by atoms with Gasteiger partial charge in [0.2, 0.25) is 0 Å². The van der Waals surface area contributed by atoms with Crippen molar-refractivity contribution in [3.63, 3.8) is 0 Å². The summed E-state index contributed by atoms with van der Waals surface area (Å²) in [6.45, 7) is 12.6. The van der Waals surface area contributed by atoms with Crippen LogP contribution in [0, 0.1) is 5.92 Å². The molecular formula is C18H32N2Si. The van der Waals surface area contributed by atoms with Crippen LogP contribution in [-0.2, 0) is 6.54 Å². The average Bonchev–Trinajstić information content (AvgIpc) is 2.47. The molecule has 0 amide bonds. The van der Waals surface area contributed by atoms with Crippen molar-refractivity contribution in [3.05, 3.63) is 29.8 Å². The van der Waals surface area contributed by atoms with E-state index in [4.69, 9.17) is 5.73 Å². The molecule has 2 rings (SSSR count). The Labute approximate surface area is 131 Å². The summed E-state index contributed by atoms with van der Waals surface area (Å²) < 4.78 is 0. The number of rotatable bonds is 5. The van der Waals surface area contributed by atoms with Gasteiger partial charge in [-0.15, -0.1) is 0 Å². The molecule has 2 N–H and O–H groups in total. The van der Waals surface area contributed by atoms with Crippen molar-refractivity contribution in [2.45, 2.75) is 58.4 Å². The van der Waals surface area contributed by atoms with E-state index in [1.54, 1.807) is 5.19 Å². The van der Waals surface area contributed by atoms with Gasteiger partial charge in [-0.05, 0) is 30.9 Å². The number of benzene rings is 1. The topological polar surface area (TPSA) is 29.3 Å². The average molecular weight is 305 g/mol. The van der Waals surface area contributed by atoms with Gasteiger partial charge < -0.3 is 5.73 Å². The van der Waals surface area contributed by atoms with Crippen molar-refractivity contribution in [1.82, 2.24) is 4.90 Å². The number of likely N-dealkylation sites (tertiary alicyclic amines) is 1. The summed E-state index contributed by atoms with van der Waals surface area (Å²) in [5.74, 6) is 0.879. The fourth-order valence-electron chi connectivity index (χ4n) is 3.35. The van der Waals surface area contributed by atoms with Gasteiger partial charge in [0.25, 0.3) is 0 Å². The third-order valence-corrected chi connectivity index (χ3v) is 7.07. The predicted molar refractivity (Wildman–Crippen MR) is 95.7 cm³/mol. The quantitative estimate of drug-likeness (QED) is 0.847. The molecule has 0 bridgehead atoms. The highest BCUT2D eigenvalue weighted by Crippen LogP contribution is 2.26. The Bertz CT molecular complexity index is 436. The van der Waals surface area contributed by atoms with Gasteiger partial charge in [0, 0.05) is 19.1 Å². The van der Waals surface area contributed by atoms with Crippen molar-refractivity contribution < 1.29 is 0 Å². The highest BCUT2D eigenvalue weighted by atomic mass is 28.3. The normalized spacial score (nSPS) is 24.2. The molecule has 2 unspecified atom stereocenters. The Morgan fingerprint density at radius 1 is 1.19 bits per heavy atom. The lowest BCUT2D eigenvalue weighted by atomic mass is 9.88. The molecule has 1 aliphatic rings.